The van der Waals surface area contributed by atoms with Gasteiger partial charge in [-0.2, -0.15) is 14.6 Å². The number of hydrogen-bond acceptors (Lipinski definition) is 3. The molecule has 0 unspecified atom stereocenters. The molecule has 0 aliphatic heterocycles. The van der Waals surface area contributed by atoms with E-state index < -0.39 is 17.6 Å². The number of benzene rings is 1. The zero-order chi connectivity index (χ0) is 14.0. The van der Waals surface area contributed by atoms with Crippen molar-refractivity contribution in [2.45, 2.75) is 0 Å². The van der Waals surface area contributed by atoms with E-state index in [1.807, 2.05) is 6.07 Å². The maximum Gasteiger partial charge on any atom is 0.251 e. The average molecular weight is 263 g/mol. The van der Waals surface area contributed by atoms with Gasteiger partial charge in [-0.15, -0.1) is 0 Å². The second-order valence-electron chi connectivity index (χ2n) is 3.78. The summed E-state index contributed by atoms with van der Waals surface area (Å²) in [6.45, 7) is 0. The number of nitriles is 1. The SMILES string of the molecule is CN(c1ccc(C#N)cc1)c1nc(F)c(F)cc1F. The molecule has 3 nitrogen and oxygen atoms in total. The van der Waals surface area contributed by atoms with Crippen LogP contribution < -0.4 is 4.90 Å². The van der Waals surface area contributed by atoms with Crippen molar-refractivity contribution in [3.8, 4) is 6.07 Å². The van der Waals surface area contributed by atoms with Crippen LogP contribution in [0.1, 0.15) is 5.56 Å². The second-order valence-corrected chi connectivity index (χ2v) is 3.78. The Balaban J connectivity index is 2.41. The molecule has 1 aromatic carbocycles. The van der Waals surface area contributed by atoms with Crippen molar-refractivity contribution in [1.29, 1.82) is 5.26 Å². The Labute approximate surface area is 107 Å². The molecule has 96 valence electrons. The molecule has 1 aromatic heterocycles. The standard InChI is InChI=1S/C13H8F3N3/c1-19(9-4-2-8(7-17)3-5-9)13-11(15)6-10(14)12(16)18-13/h2-6H,1H3. The molecule has 6 heteroatoms. The summed E-state index contributed by atoms with van der Waals surface area (Å²) in [6.07, 6.45) is 0. The van der Waals surface area contributed by atoms with Crippen LogP contribution in [0.15, 0.2) is 30.3 Å². The molecular formula is C13H8F3N3. The Hall–Kier alpha value is -2.55. The molecule has 0 saturated carbocycles. The molecule has 0 saturated heterocycles. The van der Waals surface area contributed by atoms with E-state index in [1.54, 1.807) is 12.1 Å². The van der Waals surface area contributed by atoms with Crippen molar-refractivity contribution in [3.05, 3.63) is 53.5 Å². The van der Waals surface area contributed by atoms with Crippen LogP contribution in [-0.4, -0.2) is 12.0 Å². The van der Waals surface area contributed by atoms with Crippen LogP contribution in [0, 0.1) is 28.9 Å². The summed E-state index contributed by atoms with van der Waals surface area (Å²) < 4.78 is 39.4. The van der Waals surface area contributed by atoms with Crippen molar-refractivity contribution in [2.24, 2.45) is 0 Å². The molecule has 1 heterocycles. The second kappa shape index (κ2) is 4.98. The molecule has 0 aliphatic rings. The molecule has 0 fully saturated rings. The highest BCUT2D eigenvalue weighted by atomic mass is 19.2. The number of halogens is 3. The molecule has 0 N–H and O–H groups in total. The Morgan fingerprint density at radius 3 is 2.32 bits per heavy atom. The molecular weight excluding hydrogens is 255 g/mol. The highest BCUT2D eigenvalue weighted by Gasteiger charge is 2.16. The summed E-state index contributed by atoms with van der Waals surface area (Å²) in [5, 5.41) is 8.67. The summed E-state index contributed by atoms with van der Waals surface area (Å²) in [5.74, 6) is -4.00. The van der Waals surface area contributed by atoms with Crippen LogP contribution in [-0.2, 0) is 0 Å². The summed E-state index contributed by atoms with van der Waals surface area (Å²) in [7, 11) is 1.46. The predicted molar refractivity (Wildman–Crippen MR) is 63.3 cm³/mol. The van der Waals surface area contributed by atoms with E-state index in [0.29, 0.717) is 17.3 Å². The van der Waals surface area contributed by atoms with Gasteiger partial charge in [0.2, 0.25) is 0 Å². The Kier molecular flexibility index (Phi) is 3.38. The zero-order valence-corrected chi connectivity index (χ0v) is 9.86. The Bertz CT molecular complexity index is 647. The minimum absolute atomic E-state index is 0.330. The van der Waals surface area contributed by atoms with E-state index in [-0.39, 0.29) is 5.82 Å². The van der Waals surface area contributed by atoms with Crippen molar-refractivity contribution in [2.75, 3.05) is 11.9 Å². The smallest absolute Gasteiger partial charge is 0.251 e. The van der Waals surface area contributed by atoms with Crippen molar-refractivity contribution in [1.82, 2.24) is 4.98 Å². The summed E-state index contributed by atoms with van der Waals surface area (Å²) in [5.41, 5.74) is 0.937. The molecule has 0 spiro atoms. The molecule has 0 atom stereocenters. The van der Waals surface area contributed by atoms with Gasteiger partial charge in [-0.25, -0.2) is 8.78 Å². The predicted octanol–water partition coefficient (Wildman–Crippen LogP) is 3.14. The van der Waals surface area contributed by atoms with Crippen LogP contribution in [0.25, 0.3) is 0 Å². The van der Waals surface area contributed by atoms with Gasteiger partial charge in [0.05, 0.1) is 11.6 Å². The van der Waals surface area contributed by atoms with Gasteiger partial charge in [0, 0.05) is 18.8 Å². The van der Waals surface area contributed by atoms with Gasteiger partial charge in [0.15, 0.2) is 17.5 Å². The third-order valence-electron chi connectivity index (χ3n) is 2.57. The van der Waals surface area contributed by atoms with Crippen LogP contribution >= 0.6 is 0 Å². The average Bonchev–Trinajstić information content (AvgIpc) is 2.42. The van der Waals surface area contributed by atoms with E-state index >= 15 is 0 Å². The minimum atomic E-state index is -1.36. The van der Waals surface area contributed by atoms with Gasteiger partial charge in [-0.05, 0) is 24.3 Å². The third kappa shape index (κ3) is 2.50. The van der Waals surface area contributed by atoms with Crippen molar-refractivity contribution >= 4 is 11.5 Å². The van der Waals surface area contributed by atoms with Gasteiger partial charge in [-0.3, -0.25) is 0 Å². The number of pyridine rings is 1. The molecule has 0 radical (unpaired) electrons. The van der Waals surface area contributed by atoms with E-state index in [1.165, 1.54) is 24.1 Å². The first-order valence-corrected chi connectivity index (χ1v) is 5.28. The van der Waals surface area contributed by atoms with E-state index in [0.717, 1.165) is 0 Å². The maximum atomic E-state index is 13.5. The van der Waals surface area contributed by atoms with Gasteiger partial charge >= 0.3 is 0 Å². The number of rotatable bonds is 2. The molecule has 0 amide bonds. The maximum absolute atomic E-state index is 13.5. The lowest BCUT2D eigenvalue weighted by Gasteiger charge is -2.18. The van der Waals surface area contributed by atoms with Gasteiger partial charge in [-0.1, -0.05) is 0 Å². The topological polar surface area (TPSA) is 39.9 Å². The van der Waals surface area contributed by atoms with Gasteiger partial charge in [0.25, 0.3) is 5.95 Å². The summed E-state index contributed by atoms with van der Waals surface area (Å²) in [6, 6.07) is 8.56. The van der Waals surface area contributed by atoms with Gasteiger partial charge in [0.1, 0.15) is 0 Å². The Morgan fingerprint density at radius 2 is 1.74 bits per heavy atom. The minimum Gasteiger partial charge on any atom is -0.327 e. The number of hydrogen-bond donors (Lipinski definition) is 0. The lowest BCUT2D eigenvalue weighted by molar-refractivity contribution is 0.465. The van der Waals surface area contributed by atoms with Gasteiger partial charge < -0.3 is 4.90 Å². The van der Waals surface area contributed by atoms with Crippen LogP contribution in [0.4, 0.5) is 24.7 Å². The van der Waals surface area contributed by atoms with E-state index in [9.17, 15) is 13.2 Å². The van der Waals surface area contributed by atoms with Crippen molar-refractivity contribution in [3.63, 3.8) is 0 Å². The third-order valence-corrected chi connectivity index (χ3v) is 2.57. The highest BCUT2D eigenvalue weighted by molar-refractivity contribution is 5.60. The summed E-state index contributed by atoms with van der Waals surface area (Å²) >= 11 is 0. The lowest BCUT2D eigenvalue weighted by Crippen LogP contribution is -2.14. The largest absolute Gasteiger partial charge is 0.327 e. The first-order valence-electron chi connectivity index (χ1n) is 5.28. The molecule has 2 rings (SSSR count). The number of aromatic nitrogens is 1. The molecule has 0 bridgehead atoms. The quantitative estimate of drug-likeness (QED) is 0.781. The molecule has 2 aromatic rings. The van der Waals surface area contributed by atoms with Crippen LogP contribution in [0.3, 0.4) is 0 Å². The van der Waals surface area contributed by atoms with Crippen LogP contribution in [0.2, 0.25) is 0 Å². The highest BCUT2D eigenvalue weighted by Crippen LogP contribution is 2.25. The fourth-order valence-electron chi connectivity index (χ4n) is 1.55. The van der Waals surface area contributed by atoms with Crippen LogP contribution in [0.5, 0.6) is 0 Å². The fraction of sp³-hybridized carbons (Fsp3) is 0.0769. The first kappa shape index (κ1) is 12.9. The van der Waals surface area contributed by atoms with E-state index in [2.05, 4.69) is 4.98 Å². The zero-order valence-electron chi connectivity index (χ0n) is 9.86. The molecule has 19 heavy (non-hydrogen) atoms. The lowest BCUT2D eigenvalue weighted by atomic mass is 10.2. The number of anilines is 2. The first-order chi connectivity index (χ1) is 9.02. The molecule has 0 aliphatic carbocycles. The monoisotopic (exact) mass is 263 g/mol. The van der Waals surface area contributed by atoms with E-state index in [4.69, 9.17) is 5.26 Å². The summed E-state index contributed by atoms with van der Waals surface area (Å²) in [4.78, 5) is 4.50. The Morgan fingerprint density at radius 1 is 1.11 bits per heavy atom. The number of nitrogens with zero attached hydrogens (tertiary/aromatic N) is 3. The fourth-order valence-corrected chi connectivity index (χ4v) is 1.55. The normalized spacial score (nSPS) is 10.1. The van der Waals surface area contributed by atoms with Crippen molar-refractivity contribution < 1.29 is 13.2 Å².